The van der Waals surface area contributed by atoms with Crippen molar-refractivity contribution in [1.82, 2.24) is 9.88 Å². The molecule has 52 heavy (non-hydrogen) atoms. The number of para-hydroxylation sites is 1. The maximum atomic E-state index is 5.44. The number of aromatic nitrogens is 1. The fourth-order valence-electron chi connectivity index (χ4n) is 8.43. The summed E-state index contributed by atoms with van der Waals surface area (Å²) in [6.07, 6.45) is 9.78. The first-order valence-corrected chi connectivity index (χ1v) is 19.0. The van der Waals surface area contributed by atoms with Crippen LogP contribution in [-0.2, 0) is 6.42 Å². The van der Waals surface area contributed by atoms with Gasteiger partial charge in [-0.2, -0.15) is 0 Å². The average Bonchev–Trinajstić information content (AvgIpc) is 3.39. The molecule has 4 heteroatoms. The summed E-state index contributed by atoms with van der Waals surface area (Å²) in [6.45, 7) is 0. The number of nitrogens with zero attached hydrogens (tertiary/aromatic N) is 2. The van der Waals surface area contributed by atoms with Crippen LogP contribution in [0.1, 0.15) is 16.7 Å². The number of amidine groups is 1. The van der Waals surface area contributed by atoms with Crippen molar-refractivity contribution >= 4 is 66.6 Å². The topological polar surface area (TPSA) is 29.3 Å². The molecule has 246 valence electrons. The third kappa shape index (κ3) is 4.64. The van der Waals surface area contributed by atoms with Gasteiger partial charge in [-0.1, -0.05) is 127 Å². The highest BCUT2D eigenvalue weighted by Crippen LogP contribution is 2.42. The predicted octanol–water partition coefficient (Wildman–Crippen LogP) is 11.7. The van der Waals surface area contributed by atoms with Gasteiger partial charge in [-0.25, -0.2) is 4.99 Å². The van der Waals surface area contributed by atoms with Gasteiger partial charge in [0.1, 0.15) is 5.84 Å². The summed E-state index contributed by atoms with van der Waals surface area (Å²) < 4.78 is 2.42. The number of aliphatic imine (C=N–C) groups is 1. The zero-order valence-electron chi connectivity index (χ0n) is 28.4. The molecule has 3 heterocycles. The third-order valence-corrected chi connectivity index (χ3v) is 12.0. The van der Waals surface area contributed by atoms with E-state index in [0.717, 1.165) is 35.0 Å². The molecule has 3 aliphatic rings. The number of hydrogen-bond donors (Lipinski definition) is 1. The molecule has 0 bridgehead atoms. The SMILES string of the molecule is C1=CC2=C(c3ccc4cc(-n5c6ccccc6c6cc7ccccc7cc65)ccc4c3)N=C(c3cccc4c3SCCc3ccccc3-4)NC2C=C1. The number of fused-ring (bicyclic) bond motifs is 9. The van der Waals surface area contributed by atoms with Crippen LogP contribution in [0.15, 0.2) is 179 Å². The van der Waals surface area contributed by atoms with E-state index in [4.69, 9.17) is 4.99 Å². The Morgan fingerprint density at radius 3 is 2.35 bits per heavy atom. The van der Waals surface area contributed by atoms with Crippen LogP contribution >= 0.6 is 11.8 Å². The molecule has 2 aliphatic heterocycles. The monoisotopic (exact) mass is 683 g/mol. The highest BCUT2D eigenvalue weighted by molar-refractivity contribution is 7.99. The maximum absolute atomic E-state index is 5.44. The molecule has 0 radical (unpaired) electrons. The van der Waals surface area contributed by atoms with E-state index in [1.807, 2.05) is 11.8 Å². The molecule has 1 aliphatic carbocycles. The van der Waals surface area contributed by atoms with Gasteiger partial charge in [0.25, 0.3) is 0 Å². The lowest BCUT2D eigenvalue weighted by Crippen LogP contribution is -2.39. The third-order valence-electron chi connectivity index (χ3n) is 10.9. The summed E-state index contributed by atoms with van der Waals surface area (Å²) >= 11 is 1.95. The Labute approximate surface area is 306 Å². The van der Waals surface area contributed by atoms with E-state index in [0.29, 0.717) is 0 Å². The molecular weight excluding hydrogens is 651 g/mol. The van der Waals surface area contributed by atoms with Crippen LogP contribution in [0.5, 0.6) is 0 Å². The zero-order valence-corrected chi connectivity index (χ0v) is 29.2. The molecule has 1 aromatic heterocycles. The number of benzene rings is 7. The fourth-order valence-corrected chi connectivity index (χ4v) is 9.61. The number of hydrogen-bond acceptors (Lipinski definition) is 3. The van der Waals surface area contributed by atoms with Gasteiger partial charge in [-0.05, 0) is 81.1 Å². The quantitative estimate of drug-likeness (QED) is 0.201. The molecule has 1 N–H and O–H groups in total. The van der Waals surface area contributed by atoms with Gasteiger partial charge < -0.3 is 9.88 Å². The molecule has 0 saturated carbocycles. The van der Waals surface area contributed by atoms with Crippen LogP contribution in [0.25, 0.3) is 65.9 Å². The zero-order chi connectivity index (χ0) is 34.2. The van der Waals surface area contributed by atoms with Crippen molar-refractivity contribution in [2.45, 2.75) is 17.4 Å². The molecular formula is C48H33N3S. The first kappa shape index (κ1) is 29.6. The number of allylic oxidation sites excluding steroid dienone is 2. The molecule has 3 nitrogen and oxygen atoms in total. The normalized spacial score (nSPS) is 16.5. The van der Waals surface area contributed by atoms with Crippen LogP contribution in [0.2, 0.25) is 0 Å². The summed E-state index contributed by atoms with van der Waals surface area (Å²) in [5.41, 5.74) is 12.2. The maximum Gasteiger partial charge on any atom is 0.135 e. The van der Waals surface area contributed by atoms with Gasteiger partial charge in [0, 0.05) is 43.8 Å². The molecule has 1 unspecified atom stereocenters. The molecule has 11 rings (SSSR count). The van der Waals surface area contributed by atoms with Crippen molar-refractivity contribution in [2.75, 3.05) is 5.75 Å². The summed E-state index contributed by atoms with van der Waals surface area (Å²) in [7, 11) is 0. The van der Waals surface area contributed by atoms with Crippen molar-refractivity contribution in [3.8, 4) is 16.8 Å². The second kappa shape index (κ2) is 11.7. The number of thioether (sulfide) groups is 1. The van der Waals surface area contributed by atoms with Gasteiger partial charge in [0.2, 0.25) is 0 Å². The van der Waals surface area contributed by atoms with E-state index >= 15 is 0 Å². The van der Waals surface area contributed by atoms with E-state index in [1.165, 1.54) is 76.1 Å². The van der Waals surface area contributed by atoms with Crippen molar-refractivity contribution in [3.63, 3.8) is 0 Å². The standard InChI is InChI=1S/C48H33N3S/c1-2-12-32-29-45-42(28-31(32)11-1)38-14-6-8-19-44(38)51(45)36-23-22-33-26-35(21-20-34(33)27-36)46-40-15-5-7-18-43(40)49-48(50-46)41-17-9-16-39-37-13-4-3-10-30(37)24-25-52-47(39)41/h1-23,26-29,43H,24-25H2,(H,49,50). The molecule has 1 atom stereocenters. The molecule has 0 spiro atoms. The summed E-state index contributed by atoms with van der Waals surface area (Å²) in [4.78, 5) is 6.75. The molecule has 0 saturated heterocycles. The van der Waals surface area contributed by atoms with Crippen LogP contribution in [0.3, 0.4) is 0 Å². The average molecular weight is 684 g/mol. The van der Waals surface area contributed by atoms with E-state index in [-0.39, 0.29) is 6.04 Å². The van der Waals surface area contributed by atoms with Gasteiger partial charge in [0.15, 0.2) is 0 Å². The molecule has 0 fully saturated rings. The van der Waals surface area contributed by atoms with Gasteiger partial charge >= 0.3 is 0 Å². The van der Waals surface area contributed by atoms with E-state index in [9.17, 15) is 0 Å². The lowest BCUT2D eigenvalue weighted by molar-refractivity contribution is 0.828. The summed E-state index contributed by atoms with van der Waals surface area (Å²) in [6, 6.07) is 51.4. The van der Waals surface area contributed by atoms with Gasteiger partial charge in [-0.3, -0.25) is 0 Å². The Morgan fingerprint density at radius 1 is 0.615 bits per heavy atom. The second-order valence-corrected chi connectivity index (χ2v) is 15.0. The van der Waals surface area contributed by atoms with Crippen LogP contribution < -0.4 is 5.32 Å². The van der Waals surface area contributed by atoms with Crippen LogP contribution in [-0.4, -0.2) is 22.2 Å². The first-order valence-electron chi connectivity index (χ1n) is 18.0. The van der Waals surface area contributed by atoms with Gasteiger partial charge in [-0.15, -0.1) is 11.8 Å². The van der Waals surface area contributed by atoms with E-state index in [1.54, 1.807) is 0 Å². The minimum Gasteiger partial charge on any atom is -0.359 e. The minimum atomic E-state index is 0.0517. The number of rotatable bonds is 3. The Balaban J connectivity index is 1.03. The summed E-state index contributed by atoms with van der Waals surface area (Å²) in [5.74, 6) is 1.98. The summed E-state index contributed by atoms with van der Waals surface area (Å²) in [5, 5.41) is 11.3. The molecule has 7 aromatic carbocycles. The second-order valence-electron chi connectivity index (χ2n) is 13.9. The number of nitrogens with one attached hydrogen (secondary N) is 1. The first-order chi connectivity index (χ1) is 25.8. The Bertz CT molecular complexity index is 2920. The Kier molecular flexibility index (Phi) is 6.68. The van der Waals surface area contributed by atoms with E-state index in [2.05, 4.69) is 174 Å². The van der Waals surface area contributed by atoms with Crippen molar-refractivity contribution in [1.29, 1.82) is 0 Å². The predicted molar refractivity (Wildman–Crippen MR) is 221 cm³/mol. The van der Waals surface area contributed by atoms with E-state index < -0.39 is 0 Å². The smallest absolute Gasteiger partial charge is 0.135 e. The van der Waals surface area contributed by atoms with Gasteiger partial charge in [0.05, 0.1) is 22.8 Å². The van der Waals surface area contributed by atoms with Crippen molar-refractivity contribution in [2.24, 2.45) is 4.99 Å². The number of aryl methyl sites for hydroxylation is 1. The van der Waals surface area contributed by atoms with Crippen LogP contribution in [0, 0.1) is 0 Å². The van der Waals surface area contributed by atoms with Crippen LogP contribution in [0.4, 0.5) is 0 Å². The fraction of sp³-hybridized carbons (Fsp3) is 0.0625. The molecule has 8 aromatic rings. The lowest BCUT2D eigenvalue weighted by Gasteiger charge is -2.29. The minimum absolute atomic E-state index is 0.0517. The largest absolute Gasteiger partial charge is 0.359 e. The lowest BCUT2D eigenvalue weighted by atomic mass is 9.92. The van der Waals surface area contributed by atoms with Crippen molar-refractivity contribution < 1.29 is 0 Å². The molecule has 0 amide bonds. The highest BCUT2D eigenvalue weighted by atomic mass is 32.2. The van der Waals surface area contributed by atoms with Crippen molar-refractivity contribution in [3.05, 3.63) is 186 Å². The highest BCUT2D eigenvalue weighted by Gasteiger charge is 2.27. The Hall–Kier alpha value is -6.10. The Morgan fingerprint density at radius 2 is 1.38 bits per heavy atom.